The molecule has 2 aromatic carbocycles. The molecule has 9 nitrogen and oxygen atoms in total. The Kier molecular flexibility index (Phi) is 11.1. The first-order chi connectivity index (χ1) is 16.8. The van der Waals surface area contributed by atoms with Crippen LogP contribution < -0.4 is 15.2 Å². The van der Waals surface area contributed by atoms with Gasteiger partial charge in [-0.2, -0.15) is 0 Å². The minimum atomic E-state index is -0.640. The highest BCUT2D eigenvalue weighted by atomic mass is 35.5. The van der Waals surface area contributed by atoms with Crippen LogP contribution in [0.4, 0.5) is 5.69 Å². The van der Waals surface area contributed by atoms with Crippen LogP contribution in [0.15, 0.2) is 59.2 Å². The highest BCUT2D eigenvalue weighted by Gasteiger charge is 2.23. The predicted molar refractivity (Wildman–Crippen MR) is 134 cm³/mol. The minimum absolute atomic E-state index is 0.0215. The van der Waals surface area contributed by atoms with Gasteiger partial charge in [0.25, 0.3) is 0 Å². The van der Waals surface area contributed by atoms with Crippen molar-refractivity contribution >= 4 is 34.9 Å². The first-order valence-corrected chi connectivity index (χ1v) is 11.2. The molecular weight excluding hydrogens is 474 g/mol. The molecule has 2 aromatic rings. The van der Waals surface area contributed by atoms with E-state index in [-0.39, 0.29) is 32.0 Å². The van der Waals surface area contributed by atoms with Crippen molar-refractivity contribution < 1.29 is 28.5 Å². The number of carbonyl (C=O) groups excluding carboxylic acids is 2. The smallest absolute Gasteiger partial charge is 0.357 e. The van der Waals surface area contributed by atoms with Crippen molar-refractivity contribution in [2.45, 2.75) is 13.5 Å². The largest absolute Gasteiger partial charge is 0.497 e. The average Bonchev–Trinajstić information content (AvgIpc) is 2.87. The number of hydrogen-bond donors (Lipinski definition) is 1. The van der Waals surface area contributed by atoms with Crippen LogP contribution >= 0.6 is 11.6 Å². The van der Waals surface area contributed by atoms with Crippen molar-refractivity contribution in [3.63, 3.8) is 0 Å². The van der Waals surface area contributed by atoms with E-state index in [1.165, 1.54) is 13.3 Å². The second-order valence-electron chi connectivity index (χ2n) is 7.25. The summed E-state index contributed by atoms with van der Waals surface area (Å²) in [6.07, 6.45) is 1.28. The maximum Gasteiger partial charge on any atom is 0.357 e. The Bertz CT molecular complexity index is 1070. The van der Waals surface area contributed by atoms with Crippen molar-refractivity contribution in [1.29, 1.82) is 0 Å². The van der Waals surface area contributed by atoms with E-state index in [1.807, 2.05) is 6.07 Å². The number of methoxy groups -OCH3 is 3. The van der Waals surface area contributed by atoms with Crippen LogP contribution in [0.5, 0.6) is 11.5 Å². The molecule has 35 heavy (non-hydrogen) atoms. The predicted octanol–water partition coefficient (Wildman–Crippen LogP) is 3.51. The number of carbonyl (C=O) groups is 2. The summed E-state index contributed by atoms with van der Waals surface area (Å²) in [5.41, 5.74) is 7.61. The molecule has 0 aliphatic heterocycles. The Morgan fingerprint density at radius 1 is 1.06 bits per heavy atom. The lowest BCUT2D eigenvalue weighted by molar-refractivity contribution is -0.142. The Hall–Kier alpha value is -3.56. The zero-order valence-corrected chi connectivity index (χ0v) is 21.0. The van der Waals surface area contributed by atoms with Gasteiger partial charge in [-0.3, -0.25) is 9.69 Å². The van der Waals surface area contributed by atoms with Gasteiger partial charge in [-0.15, -0.1) is 0 Å². The number of benzene rings is 2. The van der Waals surface area contributed by atoms with Crippen LogP contribution in [-0.2, 0) is 25.6 Å². The number of nitrogens with zero attached hydrogens (tertiary/aromatic N) is 2. The van der Waals surface area contributed by atoms with E-state index >= 15 is 0 Å². The van der Waals surface area contributed by atoms with E-state index < -0.39 is 11.9 Å². The molecule has 0 radical (unpaired) electrons. The fraction of sp³-hybridized carbons (Fsp3) is 0.320. The van der Waals surface area contributed by atoms with Crippen molar-refractivity contribution in [1.82, 2.24) is 4.90 Å². The van der Waals surface area contributed by atoms with Crippen LogP contribution in [0.2, 0.25) is 5.02 Å². The van der Waals surface area contributed by atoms with Crippen molar-refractivity contribution in [2.24, 2.45) is 10.7 Å². The molecule has 0 unspecified atom stereocenters. The third-order valence-corrected chi connectivity index (χ3v) is 5.16. The van der Waals surface area contributed by atoms with E-state index in [2.05, 4.69) is 4.99 Å². The molecule has 2 N–H and O–H groups in total. The maximum atomic E-state index is 12.8. The summed E-state index contributed by atoms with van der Waals surface area (Å²) in [4.78, 5) is 31.2. The lowest BCUT2D eigenvalue weighted by Crippen LogP contribution is -2.35. The highest BCUT2D eigenvalue weighted by Crippen LogP contribution is 2.26. The summed E-state index contributed by atoms with van der Waals surface area (Å²) in [5.74, 6) is 0.116. The quantitative estimate of drug-likeness (QED) is 0.346. The van der Waals surface area contributed by atoms with Gasteiger partial charge in [0.15, 0.2) is 5.71 Å². The van der Waals surface area contributed by atoms with Gasteiger partial charge in [-0.05, 0) is 37.3 Å². The number of halogens is 1. The van der Waals surface area contributed by atoms with Gasteiger partial charge in [-0.1, -0.05) is 17.7 Å². The van der Waals surface area contributed by atoms with Gasteiger partial charge >= 0.3 is 11.9 Å². The zero-order valence-electron chi connectivity index (χ0n) is 20.2. The van der Waals surface area contributed by atoms with Gasteiger partial charge < -0.3 is 24.7 Å². The summed E-state index contributed by atoms with van der Waals surface area (Å²) in [6, 6.07) is 12.0. The number of hydrogen-bond acceptors (Lipinski definition) is 9. The van der Waals surface area contributed by atoms with Gasteiger partial charge in [0.1, 0.15) is 11.5 Å². The molecule has 0 aliphatic carbocycles. The van der Waals surface area contributed by atoms with Crippen LogP contribution in [0.25, 0.3) is 0 Å². The van der Waals surface area contributed by atoms with Gasteiger partial charge in [0, 0.05) is 41.5 Å². The van der Waals surface area contributed by atoms with Gasteiger partial charge in [-0.25, -0.2) is 9.79 Å². The maximum absolute atomic E-state index is 12.8. The molecule has 2 rings (SSSR count). The molecular formula is C25H30ClN3O6. The number of rotatable bonds is 12. The van der Waals surface area contributed by atoms with Crippen molar-refractivity contribution in [3.05, 3.63) is 64.8 Å². The first kappa shape index (κ1) is 27.7. The molecule has 0 spiro atoms. The van der Waals surface area contributed by atoms with Crippen LogP contribution in [0.3, 0.4) is 0 Å². The monoisotopic (exact) mass is 503 g/mol. The molecule has 0 aliphatic rings. The van der Waals surface area contributed by atoms with Crippen LogP contribution in [-0.4, -0.2) is 63.6 Å². The third kappa shape index (κ3) is 8.31. The Morgan fingerprint density at radius 2 is 1.77 bits per heavy atom. The van der Waals surface area contributed by atoms with Crippen molar-refractivity contribution in [3.8, 4) is 11.5 Å². The summed E-state index contributed by atoms with van der Waals surface area (Å²) in [5, 5.41) is 0.536. The van der Waals surface area contributed by atoms with E-state index in [1.54, 1.807) is 62.4 Å². The standard InChI is InChI=1S/C25H30ClN3O6/c1-5-35-25(31)24(28-20-9-7-19(26)8-10-20)18(13-27)15-29(16-23(30)34-4)14-17-6-11-21(32-2)12-22(17)33-3/h6-13H,5,14-16,27H2,1-4H3/b18-13-,28-24?. The third-order valence-electron chi connectivity index (χ3n) is 4.90. The lowest BCUT2D eigenvalue weighted by atomic mass is 10.1. The summed E-state index contributed by atoms with van der Waals surface area (Å²) in [6.45, 7) is 2.18. The van der Waals surface area contributed by atoms with Gasteiger partial charge in [0.2, 0.25) is 0 Å². The second-order valence-corrected chi connectivity index (χ2v) is 7.68. The molecule has 0 bridgehead atoms. The molecule has 0 aromatic heterocycles. The van der Waals surface area contributed by atoms with E-state index in [0.29, 0.717) is 27.8 Å². The topological polar surface area (TPSA) is 113 Å². The van der Waals surface area contributed by atoms with Crippen molar-refractivity contribution in [2.75, 3.05) is 41.0 Å². The normalized spacial score (nSPS) is 11.8. The zero-order chi connectivity index (χ0) is 25.8. The first-order valence-electron chi connectivity index (χ1n) is 10.8. The molecule has 0 heterocycles. The Labute approximate surface area is 210 Å². The molecule has 0 atom stereocenters. The number of ether oxygens (including phenoxy) is 4. The molecule has 0 amide bonds. The van der Waals surface area contributed by atoms with E-state index in [9.17, 15) is 9.59 Å². The van der Waals surface area contributed by atoms with Crippen LogP contribution in [0.1, 0.15) is 12.5 Å². The SMILES string of the molecule is CCOC(=O)C(=Nc1ccc(Cl)cc1)/C(=C\N)CN(CC(=O)OC)Cc1ccc(OC)cc1OC. The summed E-state index contributed by atoms with van der Waals surface area (Å²) < 4.78 is 20.8. The van der Waals surface area contributed by atoms with E-state index in [4.69, 9.17) is 36.3 Å². The molecule has 0 saturated heterocycles. The lowest BCUT2D eigenvalue weighted by Gasteiger charge is -2.24. The fourth-order valence-corrected chi connectivity index (χ4v) is 3.30. The summed E-state index contributed by atoms with van der Waals surface area (Å²) >= 11 is 5.96. The van der Waals surface area contributed by atoms with Crippen LogP contribution in [0, 0.1) is 0 Å². The van der Waals surface area contributed by atoms with E-state index in [0.717, 1.165) is 5.56 Å². The highest BCUT2D eigenvalue weighted by molar-refractivity contribution is 6.43. The Balaban J connectivity index is 2.42. The molecule has 188 valence electrons. The number of esters is 2. The second kappa shape index (κ2) is 14.0. The number of aliphatic imine (C=N–C) groups is 1. The minimum Gasteiger partial charge on any atom is -0.497 e. The molecule has 0 saturated carbocycles. The molecule has 0 fully saturated rings. The summed E-state index contributed by atoms with van der Waals surface area (Å²) in [7, 11) is 4.42. The molecule has 10 heteroatoms. The Morgan fingerprint density at radius 3 is 2.34 bits per heavy atom. The fourth-order valence-electron chi connectivity index (χ4n) is 3.18. The number of nitrogens with two attached hydrogens (primary N) is 1. The average molecular weight is 504 g/mol. The van der Waals surface area contributed by atoms with Gasteiger partial charge in [0.05, 0.1) is 40.2 Å².